The molecule has 1 unspecified atom stereocenters. The summed E-state index contributed by atoms with van der Waals surface area (Å²) >= 11 is 1.92. The van der Waals surface area contributed by atoms with Crippen LogP contribution in [0.1, 0.15) is 6.92 Å². The van der Waals surface area contributed by atoms with Gasteiger partial charge in [-0.25, -0.2) is 4.79 Å². The molecule has 1 saturated heterocycles. The third-order valence-corrected chi connectivity index (χ3v) is 4.58. The van der Waals surface area contributed by atoms with E-state index in [1.54, 1.807) is 4.57 Å². The number of rotatable bonds is 2. The van der Waals surface area contributed by atoms with Crippen molar-refractivity contribution in [3.63, 3.8) is 0 Å². The number of benzene rings is 1. The Balaban J connectivity index is 2.23. The summed E-state index contributed by atoms with van der Waals surface area (Å²) in [4.78, 5) is 12.1. The van der Waals surface area contributed by atoms with E-state index < -0.39 is 0 Å². The van der Waals surface area contributed by atoms with Crippen LogP contribution in [0.15, 0.2) is 29.1 Å². The molecule has 0 radical (unpaired) electrons. The molecule has 1 aromatic heterocycles. The van der Waals surface area contributed by atoms with Crippen molar-refractivity contribution in [1.29, 1.82) is 0 Å². The van der Waals surface area contributed by atoms with Crippen molar-refractivity contribution in [2.45, 2.75) is 18.2 Å². The first-order valence-electron chi connectivity index (χ1n) is 5.39. The van der Waals surface area contributed by atoms with E-state index in [0.717, 1.165) is 23.3 Å². The van der Waals surface area contributed by atoms with Gasteiger partial charge in [-0.3, -0.25) is 9.13 Å². The van der Waals surface area contributed by atoms with Gasteiger partial charge in [0.25, 0.3) is 0 Å². The largest absolute Gasteiger partial charge is 0.328 e. The molecule has 1 aromatic carbocycles. The highest BCUT2D eigenvalue weighted by atomic mass is 32.2. The lowest BCUT2D eigenvalue weighted by molar-refractivity contribution is 0.598. The molecule has 3 nitrogen and oxygen atoms in total. The molecule has 1 aliphatic rings. The maximum atomic E-state index is 12.1. The summed E-state index contributed by atoms with van der Waals surface area (Å²) in [5, 5.41) is 0. The average Bonchev–Trinajstić information content (AvgIpc) is 2.97. The van der Waals surface area contributed by atoms with Gasteiger partial charge in [-0.1, -0.05) is 12.1 Å². The zero-order valence-electron chi connectivity index (χ0n) is 9.43. The fourth-order valence-corrected chi connectivity index (χ4v) is 2.62. The number of aryl methyl sites for hydroxylation is 1. The standard InChI is InChI=1S/C12H14N2OS/c1-12(8-16-12)7-14-10-6-4-3-5-9(10)13(2)11(14)15/h3-6H,7-8H2,1-2H3. The van der Waals surface area contributed by atoms with Crippen molar-refractivity contribution in [2.24, 2.45) is 7.05 Å². The first kappa shape index (κ1) is 10.0. The van der Waals surface area contributed by atoms with E-state index in [1.165, 1.54) is 0 Å². The van der Waals surface area contributed by atoms with Gasteiger partial charge in [-0.2, -0.15) is 11.8 Å². The molecule has 1 aliphatic heterocycles. The molecule has 0 saturated carbocycles. The van der Waals surface area contributed by atoms with Crippen LogP contribution in [0.25, 0.3) is 11.0 Å². The Morgan fingerprint density at radius 2 is 2.00 bits per heavy atom. The highest BCUT2D eigenvalue weighted by molar-refractivity contribution is 8.07. The first-order chi connectivity index (χ1) is 7.61. The molecule has 0 spiro atoms. The molecular formula is C12H14N2OS. The van der Waals surface area contributed by atoms with E-state index in [1.807, 2.05) is 47.6 Å². The molecule has 2 heterocycles. The van der Waals surface area contributed by atoms with Crippen LogP contribution in [0.2, 0.25) is 0 Å². The molecule has 0 N–H and O–H groups in total. The van der Waals surface area contributed by atoms with Crippen LogP contribution in [-0.2, 0) is 13.6 Å². The lowest BCUT2D eigenvalue weighted by atomic mass is 10.2. The number of nitrogens with zero attached hydrogens (tertiary/aromatic N) is 2. The molecule has 4 heteroatoms. The van der Waals surface area contributed by atoms with Gasteiger partial charge in [0.15, 0.2) is 0 Å². The lowest BCUT2D eigenvalue weighted by Crippen LogP contribution is -2.27. The minimum Gasteiger partial charge on any atom is -0.295 e. The number of hydrogen-bond acceptors (Lipinski definition) is 2. The molecule has 1 fully saturated rings. The molecule has 3 rings (SSSR count). The second kappa shape index (κ2) is 3.17. The molecule has 0 aliphatic carbocycles. The Bertz CT molecular complexity index is 607. The fourth-order valence-electron chi connectivity index (χ4n) is 2.06. The van der Waals surface area contributed by atoms with Gasteiger partial charge >= 0.3 is 5.69 Å². The summed E-state index contributed by atoms with van der Waals surface area (Å²) < 4.78 is 3.90. The Labute approximate surface area is 98.1 Å². The van der Waals surface area contributed by atoms with Crippen molar-refractivity contribution in [3.8, 4) is 0 Å². The van der Waals surface area contributed by atoms with Gasteiger partial charge < -0.3 is 0 Å². The predicted octanol–water partition coefficient (Wildman–Crippen LogP) is 1.85. The van der Waals surface area contributed by atoms with Gasteiger partial charge in [0.1, 0.15) is 0 Å². The van der Waals surface area contributed by atoms with Crippen molar-refractivity contribution in [3.05, 3.63) is 34.7 Å². The topological polar surface area (TPSA) is 26.9 Å². The average molecular weight is 234 g/mol. The summed E-state index contributed by atoms with van der Waals surface area (Å²) in [6, 6.07) is 7.98. The number of hydrogen-bond donors (Lipinski definition) is 0. The molecular weight excluding hydrogens is 220 g/mol. The predicted molar refractivity (Wildman–Crippen MR) is 68.0 cm³/mol. The fraction of sp³-hybridized carbons (Fsp3) is 0.417. The summed E-state index contributed by atoms with van der Waals surface area (Å²) in [7, 11) is 1.84. The van der Waals surface area contributed by atoms with E-state index in [4.69, 9.17) is 0 Å². The van der Waals surface area contributed by atoms with Crippen molar-refractivity contribution >= 4 is 22.8 Å². The quantitative estimate of drug-likeness (QED) is 0.741. The minimum absolute atomic E-state index is 0.0925. The van der Waals surface area contributed by atoms with Crippen LogP contribution < -0.4 is 5.69 Å². The summed E-state index contributed by atoms with van der Waals surface area (Å²) in [5.41, 5.74) is 2.15. The first-order valence-corrected chi connectivity index (χ1v) is 6.37. The van der Waals surface area contributed by atoms with Crippen LogP contribution in [0, 0.1) is 0 Å². The van der Waals surface area contributed by atoms with Gasteiger partial charge in [0.2, 0.25) is 0 Å². The zero-order valence-corrected chi connectivity index (χ0v) is 10.3. The van der Waals surface area contributed by atoms with Crippen LogP contribution in [0.3, 0.4) is 0 Å². The lowest BCUT2D eigenvalue weighted by Gasteiger charge is -2.07. The van der Waals surface area contributed by atoms with Gasteiger partial charge in [0, 0.05) is 24.1 Å². The number of aromatic nitrogens is 2. The Morgan fingerprint density at radius 3 is 2.62 bits per heavy atom. The highest BCUT2D eigenvalue weighted by Crippen LogP contribution is 2.45. The summed E-state index contributed by atoms with van der Waals surface area (Å²) in [6.07, 6.45) is 0. The van der Waals surface area contributed by atoms with Gasteiger partial charge in [-0.05, 0) is 19.1 Å². The number of fused-ring (bicyclic) bond motifs is 1. The number of para-hydroxylation sites is 2. The maximum absolute atomic E-state index is 12.1. The maximum Gasteiger partial charge on any atom is 0.328 e. The minimum atomic E-state index is 0.0925. The second-order valence-corrected chi connectivity index (χ2v) is 6.22. The SMILES string of the molecule is Cn1c(=O)n(CC2(C)CS2)c2ccccc21. The number of thioether (sulfide) groups is 1. The van der Waals surface area contributed by atoms with Crippen LogP contribution in [0.5, 0.6) is 0 Å². The van der Waals surface area contributed by atoms with Crippen LogP contribution >= 0.6 is 11.8 Å². The molecule has 84 valence electrons. The molecule has 1 atom stereocenters. The zero-order chi connectivity index (χ0) is 11.3. The molecule has 2 aromatic rings. The van der Waals surface area contributed by atoms with E-state index in [9.17, 15) is 4.79 Å². The van der Waals surface area contributed by atoms with Gasteiger partial charge in [-0.15, -0.1) is 0 Å². The van der Waals surface area contributed by atoms with Crippen LogP contribution in [0.4, 0.5) is 0 Å². The van der Waals surface area contributed by atoms with Crippen LogP contribution in [-0.4, -0.2) is 19.6 Å². The molecule has 0 amide bonds. The van der Waals surface area contributed by atoms with Crippen molar-refractivity contribution < 1.29 is 0 Å². The van der Waals surface area contributed by atoms with Crippen molar-refractivity contribution in [1.82, 2.24) is 9.13 Å². The third kappa shape index (κ3) is 1.40. The van der Waals surface area contributed by atoms with E-state index in [2.05, 4.69) is 6.92 Å². The van der Waals surface area contributed by atoms with E-state index >= 15 is 0 Å². The second-order valence-electron chi connectivity index (χ2n) is 4.66. The Morgan fingerprint density at radius 1 is 1.38 bits per heavy atom. The summed E-state index contributed by atoms with van der Waals surface area (Å²) in [5.74, 6) is 1.16. The van der Waals surface area contributed by atoms with Gasteiger partial charge in [0.05, 0.1) is 11.0 Å². The monoisotopic (exact) mass is 234 g/mol. The van der Waals surface area contributed by atoms with E-state index in [0.29, 0.717) is 0 Å². The van der Waals surface area contributed by atoms with E-state index in [-0.39, 0.29) is 10.4 Å². The Hall–Kier alpha value is -1.16. The smallest absolute Gasteiger partial charge is 0.295 e. The highest BCUT2D eigenvalue weighted by Gasteiger charge is 2.39. The normalized spacial score (nSPS) is 23.9. The number of imidazole rings is 1. The molecule has 16 heavy (non-hydrogen) atoms. The summed E-state index contributed by atoms with van der Waals surface area (Å²) in [6.45, 7) is 3.03. The molecule has 0 bridgehead atoms. The van der Waals surface area contributed by atoms with Crippen molar-refractivity contribution in [2.75, 3.05) is 5.75 Å². The third-order valence-electron chi connectivity index (χ3n) is 3.18. The Kier molecular flexibility index (Phi) is 1.98.